The number of carbonyl (C=O) groups is 1. The number of likely N-dealkylation sites (N-methyl/N-ethyl adjacent to an activating group) is 1. The second kappa shape index (κ2) is 9.41. The zero-order valence-corrected chi connectivity index (χ0v) is 17.3. The molecular formula is C15H26IN5OS. The average molecular weight is 451 g/mol. The van der Waals surface area contributed by atoms with Gasteiger partial charge in [-0.05, 0) is 27.2 Å². The molecule has 1 amide bonds. The Kier molecular flexibility index (Phi) is 8.24. The van der Waals surface area contributed by atoms with E-state index in [-0.39, 0.29) is 35.9 Å². The number of aromatic nitrogens is 1. The Hall–Kier alpha value is -0.900. The van der Waals surface area contributed by atoms with Crippen LogP contribution in [0.3, 0.4) is 0 Å². The van der Waals surface area contributed by atoms with E-state index in [0.717, 1.165) is 36.2 Å². The fourth-order valence-corrected chi connectivity index (χ4v) is 3.26. The van der Waals surface area contributed by atoms with E-state index in [9.17, 15) is 4.79 Å². The van der Waals surface area contributed by atoms with Gasteiger partial charge in [0.2, 0.25) is 5.91 Å². The number of guanidine groups is 1. The third-order valence-electron chi connectivity index (χ3n) is 3.76. The van der Waals surface area contributed by atoms with Crippen molar-refractivity contribution in [2.45, 2.75) is 46.2 Å². The van der Waals surface area contributed by atoms with Crippen LogP contribution in [0.25, 0.3) is 0 Å². The predicted octanol–water partition coefficient (Wildman–Crippen LogP) is 2.05. The Labute approximate surface area is 159 Å². The molecule has 1 atom stereocenters. The Morgan fingerprint density at radius 3 is 2.78 bits per heavy atom. The number of likely N-dealkylation sites (tertiary alicyclic amines) is 1. The minimum atomic E-state index is 0. The largest absolute Gasteiger partial charge is 0.357 e. The molecule has 0 bridgehead atoms. The average Bonchev–Trinajstić information content (AvgIpc) is 2.79. The molecule has 0 saturated carbocycles. The molecule has 1 aliphatic heterocycles. The summed E-state index contributed by atoms with van der Waals surface area (Å²) in [6, 6.07) is 0.250. The number of rotatable bonds is 4. The van der Waals surface area contributed by atoms with Gasteiger partial charge in [0, 0.05) is 37.5 Å². The van der Waals surface area contributed by atoms with Gasteiger partial charge >= 0.3 is 0 Å². The first-order valence-electron chi connectivity index (χ1n) is 7.71. The van der Waals surface area contributed by atoms with Crippen molar-refractivity contribution < 1.29 is 4.79 Å². The fourth-order valence-electron chi connectivity index (χ4n) is 2.40. The maximum absolute atomic E-state index is 11.5. The van der Waals surface area contributed by atoms with E-state index in [2.05, 4.69) is 27.5 Å². The number of nitrogens with zero attached hydrogens (tertiary/aromatic N) is 3. The maximum Gasteiger partial charge on any atom is 0.222 e. The highest BCUT2D eigenvalue weighted by molar-refractivity contribution is 14.0. The quantitative estimate of drug-likeness (QED) is 0.418. The van der Waals surface area contributed by atoms with Gasteiger partial charge in [-0.3, -0.25) is 4.79 Å². The summed E-state index contributed by atoms with van der Waals surface area (Å²) < 4.78 is 0. The van der Waals surface area contributed by atoms with Crippen molar-refractivity contribution in [1.29, 1.82) is 0 Å². The lowest BCUT2D eigenvalue weighted by molar-refractivity contribution is -0.132. The van der Waals surface area contributed by atoms with Crippen LogP contribution < -0.4 is 10.6 Å². The van der Waals surface area contributed by atoms with Gasteiger partial charge in [-0.15, -0.1) is 35.3 Å². The zero-order valence-electron chi connectivity index (χ0n) is 14.2. The lowest BCUT2D eigenvalue weighted by Crippen LogP contribution is -2.51. The van der Waals surface area contributed by atoms with E-state index in [1.807, 2.05) is 20.9 Å². The van der Waals surface area contributed by atoms with E-state index in [4.69, 9.17) is 0 Å². The van der Waals surface area contributed by atoms with E-state index >= 15 is 0 Å². The van der Waals surface area contributed by atoms with Gasteiger partial charge in [-0.1, -0.05) is 0 Å². The van der Waals surface area contributed by atoms with Gasteiger partial charge in [0.05, 0.1) is 12.2 Å². The third-order valence-corrected chi connectivity index (χ3v) is 4.81. The number of halogens is 1. The lowest BCUT2D eigenvalue weighted by atomic mass is 10.1. The van der Waals surface area contributed by atoms with Crippen molar-refractivity contribution in [1.82, 2.24) is 20.5 Å². The van der Waals surface area contributed by atoms with Crippen molar-refractivity contribution in [3.63, 3.8) is 0 Å². The van der Waals surface area contributed by atoms with Gasteiger partial charge < -0.3 is 15.5 Å². The molecule has 130 valence electrons. The number of aryl methyl sites for hydroxylation is 2. The summed E-state index contributed by atoms with van der Waals surface area (Å²) in [5, 5.41) is 7.71. The molecule has 0 spiro atoms. The number of hydrogen-bond acceptors (Lipinski definition) is 4. The normalized spacial score (nSPS) is 18.6. The zero-order chi connectivity index (χ0) is 16.1. The van der Waals surface area contributed by atoms with Crippen molar-refractivity contribution >= 4 is 47.2 Å². The Bertz CT molecular complexity index is 541. The summed E-state index contributed by atoms with van der Waals surface area (Å²) in [4.78, 5) is 23.7. The Morgan fingerprint density at radius 2 is 2.22 bits per heavy atom. The molecule has 2 heterocycles. The highest BCUT2D eigenvalue weighted by Gasteiger charge is 2.23. The molecule has 23 heavy (non-hydrogen) atoms. The molecule has 1 saturated heterocycles. The summed E-state index contributed by atoms with van der Waals surface area (Å²) in [7, 11) is 1.85. The molecule has 1 aliphatic rings. The van der Waals surface area contributed by atoms with Gasteiger partial charge in [-0.2, -0.15) is 0 Å². The molecule has 1 fully saturated rings. The number of nitrogens with one attached hydrogen (secondary N) is 2. The van der Waals surface area contributed by atoms with Gasteiger partial charge in [-0.25, -0.2) is 9.98 Å². The van der Waals surface area contributed by atoms with E-state index in [1.54, 1.807) is 16.2 Å². The second-order valence-electron chi connectivity index (χ2n) is 5.60. The molecule has 6 nitrogen and oxygen atoms in total. The number of hydrogen-bond donors (Lipinski definition) is 2. The number of piperidine rings is 1. The van der Waals surface area contributed by atoms with Crippen LogP contribution in [0.1, 0.15) is 35.3 Å². The Balaban J connectivity index is 0.00000264. The first-order chi connectivity index (χ1) is 10.5. The van der Waals surface area contributed by atoms with Crippen LogP contribution in [-0.4, -0.2) is 47.9 Å². The molecule has 0 radical (unpaired) electrons. The van der Waals surface area contributed by atoms with Crippen molar-refractivity contribution in [2.24, 2.45) is 4.99 Å². The number of aliphatic imine (C=N–C) groups is 1. The fraction of sp³-hybridized carbons (Fsp3) is 0.667. The first-order valence-corrected chi connectivity index (χ1v) is 8.53. The number of thiazole rings is 1. The van der Waals surface area contributed by atoms with Gasteiger partial charge in [0.15, 0.2) is 5.96 Å². The van der Waals surface area contributed by atoms with Crippen LogP contribution >= 0.6 is 35.3 Å². The molecule has 1 unspecified atom stereocenters. The smallest absolute Gasteiger partial charge is 0.222 e. The predicted molar refractivity (Wildman–Crippen MR) is 106 cm³/mol. The molecule has 8 heteroatoms. The van der Waals surface area contributed by atoms with E-state index in [1.165, 1.54) is 4.88 Å². The minimum absolute atomic E-state index is 0. The monoisotopic (exact) mass is 451 g/mol. The molecule has 2 N–H and O–H groups in total. The summed E-state index contributed by atoms with van der Waals surface area (Å²) >= 11 is 1.69. The highest BCUT2D eigenvalue weighted by Crippen LogP contribution is 2.17. The first kappa shape index (κ1) is 20.1. The maximum atomic E-state index is 11.5. The van der Waals surface area contributed by atoms with Crippen LogP contribution in [0.15, 0.2) is 4.99 Å². The molecule has 1 aromatic rings. The lowest BCUT2D eigenvalue weighted by Gasteiger charge is -2.31. The van der Waals surface area contributed by atoms with Gasteiger partial charge in [0.25, 0.3) is 0 Å². The number of carbonyl (C=O) groups excluding carboxylic acids is 1. The second-order valence-corrected chi connectivity index (χ2v) is 6.89. The SMILES string of the molecule is CCNC(=NCc1nc(C)c(C)s1)NC1CCC(=O)N(C)C1.I. The topological polar surface area (TPSA) is 69.6 Å². The van der Waals surface area contributed by atoms with Crippen molar-refractivity contribution in [2.75, 3.05) is 20.1 Å². The van der Waals surface area contributed by atoms with Crippen LogP contribution in [-0.2, 0) is 11.3 Å². The van der Waals surface area contributed by atoms with Crippen molar-refractivity contribution in [3.05, 3.63) is 15.6 Å². The van der Waals surface area contributed by atoms with Gasteiger partial charge in [0.1, 0.15) is 5.01 Å². The van der Waals surface area contributed by atoms with E-state index in [0.29, 0.717) is 13.0 Å². The molecule has 2 rings (SSSR count). The van der Waals surface area contributed by atoms with Crippen LogP contribution in [0.4, 0.5) is 0 Å². The summed E-state index contributed by atoms with van der Waals surface area (Å²) in [5.41, 5.74) is 1.08. The molecule has 0 aliphatic carbocycles. The molecule has 1 aromatic heterocycles. The Morgan fingerprint density at radius 1 is 1.48 bits per heavy atom. The van der Waals surface area contributed by atoms with Crippen LogP contribution in [0.2, 0.25) is 0 Å². The minimum Gasteiger partial charge on any atom is -0.357 e. The van der Waals surface area contributed by atoms with Crippen molar-refractivity contribution in [3.8, 4) is 0 Å². The summed E-state index contributed by atoms with van der Waals surface area (Å²) in [5.74, 6) is 1.01. The number of amides is 1. The van der Waals surface area contributed by atoms with Crippen LogP contribution in [0.5, 0.6) is 0 Å². The van der Waals surface area contributed by atoms with Crippen LogP contribution in [0, 0.1) is 13.8 Å². The highest BCUT2D eigenvalue weighted by atomic mass is 127. The van der Waals surface area contributed by atoms with E-state index < -0.39 is 0 Å². The summed E-state index contributed by atoms with van der Waals surface area (Å²) in [6.07, 6.45) is 1.45. The standard InChI is InChI=1S/C15H25N5OS.HI/c1-5-16-15(17-8-13-18-10(2)11(3)22-13)19-12-6-7-14(21)20(4)9-12;/h12H,5-9H2,1-4H3,(H2,16,17,19);1H. The molecular weight excluding hydrogens is 425 g/mol. The summed E-state index contributed by atoms with van der Waals surface area (Å²) in [6.45, 7) is 8.26. The molecule has 0 aromatic carbocycles. The third kappa shape index (κ3) is 5.91.